The second-order valence-corrected chi connectivity index (χ2v) is 4.77. The van der Waals surface area contributed by atoms with Crippen LogP contribution in [0.15, 0.2) is 48.7 Å². The number of amides is 1. The third kappa shape index (κ3) is 5.39. The molecule has 2 aromatic rings. The van der Waals surface area contributed by atoms with Crippen molar-refractivity contribution in [2.75, 3.05) is 6.61 Å². The Morgan fingerprint density at radius 1 is 1.22 bits per heavy atom. The molecule has 1 N–H and O–H groups in total. The zero-order valence-corrected chi connectivity index (χ0v) is 12.5. The van der Waals surface area contributed by atoms with Gasteiger partial charge < -0.3 is 10.1 Å². The Morgan fingerprint density at radius 3 is 2.74 bits per heavy atom. The highest BCUT2D eigenvalue weighted by molar-refractivity contribution is 5.75. The van der Waals surface area contributed by atoms with Crippen molar-refractivity contribution >= 4 is 11.6 Å². The number of ether oxygens (including phenoxy) is 1. The molecule has 0 aliphatic heterocycles. The Kier molecular flexibility index (Phi) is 6.05. The molecule has 0 spiro atoms. The predicted molar refractivity (Wildman–Crippen MR) is 83.9 cm³/mol. The molecule has 7 heteroatoms. The Hall–Kier alpha value is -2.96. The molecule has 1 aromatic carbocycles. The van der Waals surface area contributed by atoms with Gasteiger partial charge in [-0.15, -0.1) is 0 Å². The predicted octanol–water partition coefficient (Wildman–Crippen LogP) is 2.47. The van der Waals surface area contributed by atoms with Crippen LogP contribution in [-0.4, -0.2) is 22.4 Å². The topological polar surface area (TPSA) is 94.4 Å². The molecule has 0 aliphatic carbocycles. The molecule has 0 bridgehead atoms. The summed E-state index contributed by atoms with van der Waals surface area (Å²) in [6, 6.07) is 11.7. The molecule has 0 saturated carbocycles. The van der Waals surface area contributed by atoms with E-state index in [-0.39, 0.29) is 30.4 Å². The van der Waals surface area contributed by atoms with E-state index in [1.54, 1.807) is 24.4 Å². The van der Waals surface area contributed by atoms with Gasteiger partial charge in [0.25, 0.3) is 0 Å². The Bertz CT molecular complexity index is 661. The second-order valence-electron chi connectivity index (χ2n) is 4.77. The molecule has 0 unspecified atom stereocenters. The van der Waals surface area contributed by atoms with Crippen LogP contribution in [0.5, 0.6) is 5.75 Å². The number of nitrogens with zero attached hydrogens (tertiary/aromatic N) is 2. The van der Waals surface area contributed by atoms with Crippen LogP contribution in [0.2, 0.25) is 0 Å². The fraction of sp³-hybridized carbons (Fsp3) is 0.250. The van der Waals surface area contributed by atoms with Crippen molar-refractivity contribution < 1.29 is 14.5 Å². The molecule has 0 saturated heterocycles. The Labute approximate surface area is 133 Å². The molecule has 0 radical (unpaired) electrons. The van der Waals surface area contributed by atoms with Crippen LogP contribution in [0, 0.1) is 10.1 Å². The molecule has 23 heavy (non-hydrogen) atoms. The van der Waals surface area contributed by atoms with Crippen molar-refractivity contribution in [3.63, 3.8) is 0 Å². The SMILES string of the molecule is O=C(CCCOc1ccccc1[N+](=O)[O-])NCc1ccccn1. The normalized spacial score (nSPS) is 10.1. The van der Waals surface area contributed by atoms with Gasteiger partial charge in [-0.1, -0.05) is 18.2 Å². The standard InChI is InChI=1S/C16H17N3O4/c20-16(18-12-13-6-3-4-10-17-13)9-5-11-23-15-8-2-1-7-14(15)19(21)22/h1-4,6-8,10H,5,9,11-12H2,(H,18,20). The van der Waals surface area contributed by atoms with Gasteiger partial charge in [0.15, 0.2) is 5.75 Å². The molecular weight excluding hydrogens is 298 g/mol. The van der Waals surface area contributed by atoms with E-state index in [1.165, 1.54) is 6.07 Å². The fourth-order valence-corrected chi connectivity index (χ4v) is 1.93. The Morgan fingerprint density at radius 2 is 2.00 bits per heavy atom. The number of benzene rings is 1. The van der Waals surface area contributed by atoms with Crippen LogP contribution in [0.4, 0.5) is 5.69 Å². The minimum Gasteiger partial charge on any atom is -0.487 e. The number of para-hydroxylation sites is 2. The van der Waals surface area contributed by atoms with Crippen LogP contribution in [-0.2, 0) is 11.3 Å². The molecule has 0 fully saturated rings. The van der Waals surface area contributed by atoms with Crippen molar-refractivity contribution in [3.05, 3.63) is 64.5 Å². The molecule has 0 atom stereocenters. The van der Waals surface area contributed by atoms with Gasteiger partial charge >= 0.3 is 5.69 Å². The number of aromatic nitrogens is 1. The van der Waals surface area contributed by atoms with Gasteiger partial charge in [-0.2, -0.15) is 0 Å². The lowest BCUT2D eigenvalue weighted by molar-refractivity contribution is -0.385. The number of hydrogen-bond acceptors (Lipinski definition) is 5. The van der Waals surface area contributed by atoms with E-state index in [1.807, 2.05) is 18.2 Å². The first-order chi connectivity index (χ1) is 11.2. The summed E-state index contributed by atoms with van der Waals surface area (Å²) in [4.78, 5) is 26.2. The number of nitro benzene ring substituents is 1. The van der Waals surface area contributed by atoms with Gasteiger partial charge in [-0.25, -0.2) is 0 Å². The summed E-state index contributed by atoms with van der Waals surface area (Å²) in [5, 5.41) is 13.6. The van der Waals surface area contributed by atoms with E-state index in [0.717, 1.165) is 5.69 Å². The number of carbonyl (C=O) groups is 1. The summed E-state index contributed by atoms with van der Waals surface area (Å²) in [6.45, 7) is 0.618. The smallest absolute Gasteiger partial charge is 0.310 e. The zero-order valence-electron chi connectivity index (χ0n) is 12.5. The van der Waals surface area contributed by atoms with E-state index in [4.69, 9.17) is 4.74 Å². The minimum absolute atomic E-state index is 0.0768. The van der Waals surface area contributed by atoms with Gasteiger partial charge in [-0.05, 0) is 24.6 Å². The maximum absolute atomic E-state index is 11.7. The number of carbonyl (C=O) groups excluding carboxylic acids is 1. The number of rotatable bonds is 8. The monoisotopic (exact) mass is 315 g/mol. The molecule has 1 amide bonds. The maximum atomic E-state index is 11.7. The lowest BCUT2D eigenvalue weighted by Gasteiger charge is -2.07. The number of nitrogens with one attached hydrogen (secondary N) is 1. The molecule has 1 aromatic heterocycles. The van der Waals surface area contributed by atoms with E-state index >= 15 is 0 Å². The summed E-state index contributed by atoms with van der Waals surface area (Å²) in [5.41, 5.74) is 0.712. The molecule has 0 aliphatic rings. The van der Waals surface area contributed by atoms with E-state index < -0.39 is 4.92 Å². The van der Waals surface area contributed by atoms with E-state index in [0.29, 0.717) is 13.0 Å². The minimum atomic E-state index is -0.491. The van der Waals surface area contributed by atoms with Crippen molar-refractivity contribution in [2.45, 2.75) is 19.4 Å². The highest BCUT2D eigenvalue weighted by atomic mass is 16.6. The summed E-state index contributed by atoms with van der Waals surface area (Å²) >= 11 is 0. The first-order valence-corrected chi connectivity index (χ1v) is 7.19. The van der Waals surface area contributed by atoms with Crippen LogP contribution >= 0.6 is 0 Å². The molecule has 2 rings (SSSR count). The third-order valence-electron chi connectivity index (χ3n) is 3.06. The summed E-state index contributed by atoms with van der Waals surface area (Å²) in [5.74, 6) is 0.105. The largest absolute Gasteiger partial charge is 0.487 e. The van der Waals surface area contributed by atoms with Crippen LogP contribution in [0.3, 0.4) is 0 Å². The maximum Gasteiger partial charge on any atom is 0.310 e. The fourth-order valence-electron chi connectivity index (χ4n) is 1.93. The van der Waals surface area contributed by atoms with Gasteiger partial charge in [0, 0.05) is 18.7 Å². The highest BCUT2D eigenvalue weighted by Crippen LogP contribution is 2.25. The molecule has 120 valence electrons. The first-order valence-electron chi connectivity index (χ1n) is 7.19. The molecule has 7 nitrogen and oxygen atoms in total. The van der Waals surface area contributed by atoms with Crippen LogP contribution in [0.25, 0.3) is 0 Å². The van der Waals surface area contributed by atoms with Gasteiger partial charge in [0.1, 0.15) is 0 Å². The first kappa shape index (κ1) is 16.4. The molecular formula is C16H17N3O4. The Balaban J connectivity index is 1.69. The van der Waals surface area contributed by atoms with Crippen LogP contribution in [0.1, 0.15) is 18.5 Å². The van der Waals surface area contributed by atoms with E-state index in [9.17, 15) is 14.9 Å². The van der Waals surface area contributed by atoms with Gasteiger partial charge in [0.2, 0.25) is 5.91 Å². The van der Waals surface area contributed by atoms with Crippen molar-refractivity contribution in [1.82, 2.24) is 10.3 Å². The van der Waals surface area contributed by atoms with Gasteiger partial charge in [0.05, 0.1) is 23.8 Å². The summed E-state index contributed by atoms with van der Waals surface area (Å²) in [6.07, 6.45) is 2.43. The number of pyridine rings is 1. The summed E-state index contributed by atoms with van der Waals surface area (Å²) in [7, 11) is 0. The lowest BCUT2D eigenvalue weighted by atomic mass is 10.3. The average Bonchev–Trinajstić information content (AvgIpc) is 2.58. The highest BCUT2D eigenvalue weighted by Gasteiger charge is 2.13. The second kappa shape index (κ2) is 8.47. The number of hydrogen-bond donors (Lipinski definition) is 1. The van der Waals surface area contributed by atoms with Gasteiger partial charge in [-0.3, -0.25) is 19.9 Å². The van der Waals surface area contributed by atoms with E-state index in [2.05, 4.69) is 10.3 Å². The van der Waals surface area contributed by atoms with Crippen molar-refractivity contribution in [3.8, 4) is 5.75 Å². The van der Waals surface area contributed by atoms with Crippen LogP contribution < -0.4 is 10.1 Å². The number of nitro groups is 1. The zero-order chi connectivity index (χ0) is 16.5. The quantitative estimate of drug-likeness (QED) is 0.459. The lowest BCUT2D eigenvalue weighted by Crippen LogP contribution is -2.23. The van der Waals surface area contributed by atoms with Crippen molar-refractivity contribution in [1.29, 1.82) is 0 Å². The average molecular weight is 315 g/mol. The molecule has 1 heterocycles. The third-order valence-corrected chi connectivity index (χ3v) is 3.06. The summed E-state index contributed by atoms with van der Waals surface area (Å²) < 4.78 is 5.38. The van der Waals surface area contributed by atoms with Crippen molar-refractivity contribution in [2.24, 2.45) is 0 Å².